The lowest BCUT2D eigenvalue weighted by molar-refractivity contribution is -0.660. The Morgan fingerprint density at radius 1 is 1.35 bits per heavy atom. The van der Waals surface area contributed by atoms with Gasteiger partial charge in [0.25, 0.3) is 0 Å². The Bertz CT molecular complexity index is 726. The number of aromatic nitrogens is 1. The lowest BCUT2D eigenvalue weighted by Crippen LogP contribution is -2.32. The first-order valence-electron chi connectivity index (χ1n) is 6.07. The zero-order valence-corrected chi connectivity index (χ0v) is 12.7. The number of esters is 1. The van der Waals surface area contributed by atoms with Crippen molar-refractivity contribution in [3.05, 3.63) is 39.9 Å². The summed E-state index contributed by atoms with van der Waals surface area (Å²) < 4.78 is 6.77. The molecule has 0 aromatic carbocycles. The predicted molar refractivity (Wildman–Crippen MR) is 76.5 cm³/mol. The maximum atomic E-state index is 11.8. The molecule has 2 rings (SSSR count). The Labute approximate surface area is 121 Å². The molecule has 0 N–H and O–H groups in total. The Balaban J connectivity index is 2.65. The van der Waals surface area contributed by atoms with Crippen molar-refractivity contribution in [1.82, 2.24) is 0 Å². The van der Waals surface area contributed by atoms with Crippen molar-refractivity contribution >= 4 is 17.3 Å². The highest BCUT2D eigenvalue weighted by molar-refractivity contribution is 7.16. The molecular formula is C15H15N2O2S+. The van der Waals surface area contributed by atoms with Crippen molar-refractivity contribution in [1.29, 1.82) is 5.26 Å². The molecule has 5 heteroatoms. The number of nitriles is 1. The van der Waals surface area contributed by atoms with E-state index in [4.69, 9.17) is 10.00 Å². The second-order valence-electron chi connectivity index (χ2n) is 4.59. The SMILES string of the molecule is COC(=O)c1cc(-c2sc(C#N)cc2C)[n+](C)cc1C. The summed E-state index contributed by atoms with van der Waals surface area (Å²) >= 11 is 1.43. The molecule has 0 radical (unpaired) electrons. The van der Waals surface area contributed by atoms with Gasteiger partial charge in [-0.1, -0.05) is 0 Å². The fraction of sp³-hybridized carbons (Fsp3) is 0.267. The van der Waals surface area contributed by atoms with Crippen LogP contribution in [-0.4, -0.2) is 13.1 Å². The zero-order valence-electron chi connectivity index (χ0n) is 11.9. The van der Waals surface area contributed by atoms with Crippen molar-refractivity contribution in [2.45, 2.75) is 13.8 Å². The summed E-state index contributed by atoms with van der Waals surface area (Å²) in [6.45, 7) is 3.84. The summed E-state index contributed by atoms with van der Waals surface area (Å²) in [5.74, 6) is -0.348. The molecule has 0 fully saturated rings. The van der Waals surface area contributed by atoms with Crippen molar-refractivity contribution in [3.63, 3.8) is 0 Å². The third-order valence-corrected chi connectivity index (χ3v) is 4.30. The van der Waals surface area contributed by atoms with Gasteiger partial charge in [-0.25, -0.2) is 9.36 Å². The van der Waals surface area contributed by atoms with E-state index in [1.165, 1.54) is 18.4 Å². The number of nitrogens with zero attached hydrogens (tertiary/aromatic N) is 2. The van der Waals surface area contributed by atoms with Gasteiger partial charge in [0.1, 0.15) is 22.9 Å². The van der Waals surface area contributed by atoms with Crippen LogP contribution in [0.2, 0.25) is 0 Å². The number of ether oxygens (including phenoxy) is 1. The van der Waals surface area contributed by atoms with E-state index in [1.807, 2.05) is 43.8 Å². The Morgan fingerprint density at radius 3 is 2.60 bits per heavy atom. The maximum absolute atomic E-state index is 11.8. The second kappa shape index (κ2) is 5.43. The Kier molecular flexibility index (Phi) is 3.86. The first-order valence-corrected chi connectivity index (χ1v) is 6.89. The maximum Gasteiger partial charge on any atom is 0.338 e. The lowest BCUT2D eigenvalue weighted by atomic mass is 10.1. The van der Waals surface area contributed by atoms with Crippen LogP contribution < -0.4 is 4.57 Å². The van der Waals surface area contributed by atoms with Crippen LogP contribution in [0.1, 0.15) is 26.4 Å². The highest BCUT2D eigenvalue weighted by Crippen LogP contribution is 2.30. The molecule has 2 aromatic heterocycles. The van der Waals surface area contributed by atoms with E-state index in [0.717, 1.165) is 21.7 Å². The Hall–Kier alpha value is -2.19. The fourth-order valence-corrected chi connectivity index (χ4v) is 3.16. The van der Waals surface area contributed by atoms with Crippen molar-refractivity contribution in [3.8, 4) is 16.6 Å². The molecule has 0 atom stereocenters. The summed E-state index contributed by atoms with van der Waals surface area (Å²) in [7, 11) is 3.30. The number of rotatable bonds is 2. The van der Waals surface area contributed by atoms with Gasteiger partial charge in [-0.2, -0.15) is 5.26 Å². The smallest absolute Gasteiger partial charge is 0.338 e. The average molecular weight is 287 g/mol. The molecule has 0 spiro atoms. The molecule has 0 bridgehead atoms. The largest absolute Gasteiger partial charge is 0.465 e. The van der Waals surface area contributed by atoms with E-state index in [-0.39, 0.29) is 5.97 Å². The first kappa shape index (κ1) is 14.2. The van der Waals surface area contributed by atoms with Gasteiger partial charge in [0.05, 0.1) is 12.7 Å². The minimum atomic E-state index is -0.348. The zero-order chi connectivity index (χ0) is 14.9. The van der Waals surface area contributed by atoms with Gasteiger partial charge >= 0.3 is 5.97 Å². The highest BCUT2D eigenvalue weighted by Gasteiger charge is 2.21. The van der Waals surface area contributed by atoms with Crippen LogP contribution in [0.3, 0.4) is 0 Å². The lowest BCUT2D eigenvalue weighted by Gasteiger charge is -2.05. The number of methoxy groups -OCH3 is 1. The number of carbonyl (C=O) groups is 1. The molecule has 0 amide bonds. The van der Waals surface area contributed by atoms with Crippen LogP contribution in [0.4, 0.5) is 0 Å². The van der Waals surface area contributed by atoms with Crippen LogP contribution in [0.5, 0.6) is 0 Å². The fourth-order valence-electron chi connectivity index (χ4n) is 2.13. The van der Waals surface area contributed by atoms with Crippen molar-refractivity contribution < 1.29 is 14.1 Å². The van der Waals surface area contributed by atoms with Gasteiger partial charge in [-0.05, 0) is 25.5 Å². The monoisotopic (exact) mass is 287 g/mol. The average Bonchev–Trinajstić information content (AvgIpc) is 2.79. The standard InChI is InChI=1S/C15H15N2O2S/c1-9-5-11(7-16)20-14(9)13-6-12(15(18)19-4)10(2)8-17(13)3/h5-6,8H,1-4H3/q+1. The van der Waals surface area contributed by atoms with E-state index in [2.05, 4.69) is 6.07 Å². The number of hydrogen-bond acceptors (Lipinski definition) is 4. The second-order valence-corrected chi connectivity index (χ2v) is 5.64. The molecule has 4 nitrogen and oxygen atoms in total. The Morgan fingerprint density at radius 2 is 2.05 bits per heavy atom. The third-order valence-electron chi connectivity index (χ3n) is 3.14. The van der Waals surface area contributed by atoms with Crippen LogP contribution in [0.25, 0.3) is 10.6 Å². The minimum Gasteiger partial charge on any atom is -0.465 e. The molecule has 0 aliphatic carbocycles. The van der Waals surface area contributed by atoms with E-state index < -0.39 is 0 Å². The van der Waals surface area contributed by atoms with E-state index in [9.17, 15) is 4.79 Å². The predicted octanol–water partition coefficient (Wildman–Crippen LogP) is 2.51. The number of pyridine rings is 1. The normalized spacial score (nSPS) is 10.2. The number of thiophene rings is 1. The summed E-state index contributed by atoms with van der Waals surface area (Å²) in [6.07, 6.45) is 1.90. The van der Waals surface area contributed by atoms with Crippen molar-refractivity contribution in [2.75, 3.05) is 7.11 Å². The third kappa shape index (κ3) is 2.43. The summed E-state index contributed by atoms with van der Waals surface area (Å²) in [5.41, 5.74) is 3.34. The topological polar surface area (TPSA) is 54.0 Å². The van der Waals surface area contributed by atoms with Gasteiger partial charge in [0.15, 0.2) is 6.20 Å². The summed E-state index contributed by atoms with van der Waals surface area (Å²) in [6, 6.07) is 5.83. The molecule has 0 saturated heterocycles. The first-order chi connectivity index (χ1) is 9.47. The van der Waals surface area contributed by atoms with Crippen LogP contribution in [-0.2, 0) is 11.8 Å². The molecule has 20 heavy (non-hydrogen) atoms. The minimum absolute atomic E-state index is 0.348. The van der Waals surface area contributed by atoms with Gasteiger partial charge in [-0.3, -0.25) is 0 Å². The van der Waals surface area contributed by atoms with Gasteiger partial charge in [0.2, 0.25) is 5.69 Å². The van der Waals surface area contributed by atoms with Gasteiger partial charge < -0.3 is 4.74 Å². The summed E-state index contributed by atoms with van der Waals surface area (Å²) in [5, 5.41) is 9.00. The quantitative estimate of drug-likeness (QED) is 0.630. The van der Waals surface area contributed by atoms with E-state index >= 15 is 0 Å². The molecule has 102 valence electrons. The van der Waals surface area contributed by atoms with E-state index in [0.29, 0.717) is 10.4 Å². The molecule has 0 aliphatic heterocycles. The van der Waals surface area contributed by atoms with Gasteiger partial charge in [0, 0.05) is 11.6 Å². The molecule has 2 heterocycles. The van der Waals surface area contributed by atoms with Crippen LogP contribution in [0, 0.1) is 25.2 Å². The highest BCUT2D eigenvalue weighted by atomic mass is 32.1. The molecule has 0 saturated carbocycles. The number of hydrogen-bond donors (Lipinski definition) is 0. The summed E-state index contributed by atoms with van der Waals surface area (Å²) in [4.78, 5) is 13.5. The molecule has 0 aliphatic rings. The van der Waals surface area contributed by atoms with Gasteiger partial charge in [-0.15, -0.1) is 11.3 Å². The van der Waals surface area contributed by atoms with E-state index in [1.54, 1.807) is 0 Å². The van der Waals surface area contributed by atoms with Crippen LogP contribution >= 0.6 is 11.3 Å². The molecular weight excluding hydrogens is 272 g/mol. The van der Waals surface area contributed by atoms with Crippen molar-refractivity contribution in [2.24, 2.45) is 7.05 Å². The number of aryl methyl sites for hydroxylation is 3. The molecule has 0 unspecified atom stereocenters. The molecule has 2 aromatic rings. The van der Waals surface area contributed by atoms with Crippen LogP contribution in [0.15, 0.2) is 18.3 Å². The number of carbonyl (C=O) groups excluding carboxylic acids is 1.